The van der Waals surface area contributed by atoms with Gasteiger partial charge in [0, 0.05) is 27.6 Å². The van der Waals surface area contributed by atoms with Crippen LogP contribution in [0, 0.1) is 6.92 Å². The molecule has 1 heterocycles. The fourth-order valence-electron chi connectivity index (χ4n) is 2.49. The molecule has 0 unspecified atom stereocenters. The number of benzene rings is 2. The minimum Gasteiger partial charge on any atom is -0.482 e. The van der Waals surface area contributed by atoms with Gasteiger partial charge in [-0.15, -0.1) is 0 Å². The summed E-state index contributed by atoms with van der Waals surface area (Å²) in [6.07, 6.45) is -0.653. The molecule has 5 heteroatoms. The lowest BCUT2D eigenvalue weighted by molar-refractivity contribution is 0.0818. The first kappa shape index (κ1) is 16.5. The van der Waals surface area contributed by atoms with E-state index in [9.17, 15) is 9.59 Å². The molecule has 3 aromatic rings. The van der Waals surface area contributed by atoms with Crippen LogP contribution in [0.2, 0.25) is 0 Å². The van der Waals surface area contributed by atoms with E-state index in [1.165, 1.54) is 6.07 Å². The predicted molar refractivity (Wildman–Crippen MR) is 95.8 cm³/mol. The van der Waals surface area contributed by atoms with E-state index in [-0.39, 0.29) is 5.78 Å². The third-order valence-corrected chi connectivity index (χ3v) is 4.26. The molecule has 0 aliphatic heterocycles. The molecule has 0 fully saturated rings. The first-order valence-electron chi connectivity index (χ1n) is 7.45. The zero-order chi connectivity index (χ0) is 17.3. The second-order valence-electron chi connectivity index (χ2n) is 5.54. The topological polar surface area (TPSA) is 56.5 Å². The zero-order valence-electron chi connectivity index (χ0n) is 13.2. The Morgan fingerprint density at radius 3 is 2.54 bits per heavy atom. The van der Waals surface area contributed by atoms with Gasteiger partial charge in [0.25, 0.3) is 0 Å². The van der Waals surface area contributed by atoms with Crippen LogP contribution in [0.15, 0.2) is 62.2 Å². The number of Topliss-reactive ketones (excluding diaryl/α,β-unsaturated/α-hetero) is 1. The summed E-state index contributed by atoms with van der Waals surface area (Å²) in [6.45, 7) is 3.54. The maximum atomic E-state index is 12.4. The molecule has 0 spiro atoms. The lowest BCUT2D eigenvalue weighted by Crippen LogP contribution is -2.23. The third-order valence-electron chi connectivity index (χ3n) is 3.73. The van der Waals surface area contributed by atoms with E-state index >= 15 is 0 Å². The minimum atomic E-state index is -0.653. The summed E-state index contributed by atoms with van der Waals surface area (Å²) < 4.78 is 11.8. The van der Waals surface area contributed by atoms with E-state index in [1.54, 1.807) is 31.2 Å². The van der Waals surface area contributed by atoms with Gasteiger partial charge in [-0.1, -0.05) is 28.1 Å². The minimum absolute atomic E-state index is 0.117. The number of halogens is 1. The fraction of sp³-hybridized carbons (Fsp3) is 0.158. The van der Waals surface area contributed by atoms with Crippen molar-refractivity contribution in [3.05, 3.63) is 74.6 Å². The number of carbonyl (C=O) groups is 1. The van der Waals surface area contributed by atoms with Crippen LogP contribution in [0.5, 0.6) is 5.75 Å². The van der Waals surface area contributed by atoms with Gasteiger partial charge in [-0.2, -0.15) is 0 Å². The van der Waals surface area contributed by atoms with Crippen LogP contribution >= 0.6 is 15.9 Å². The van der Waals surface area contributed by atoms with Gasteiger partial charge in [0.1, 0.15) is 11.3 Å². The summed E-state index contributed by atoms with van der Waals surface area (Å²) in [5.41, 5.74) is 1.46. The van der Waals surface area contributed by atoms with Crippen LogP contribution in [0.3, 0.4) is 0 Å². The second-order valence-corrected chi connectivity index (χ2v) is 6.45. The highest BCUT2D eigenvalue weighted by atomic mass is 79.9. The molecule has 0 amide bonds. The molecule has 1 aromatic heterocycles. The van der Waals surface area contributed by atoms with Crippen molar-refractivity contribution < 1.29 is 13.9 Å². The SMILES string of the molecule is Cc1cc(=O)oc2cc(O[C@@H](C)C(=O)c3ccc(Br)cc3)ccc12. The van der Waals surface area contributed by atoms with E-state index in [0.717, 1.165) is 15.4 Å². The van der Waals surface area contributed by atoms with Crippen molar-refractivity contribution in [2.45, 2.75) is 20.0 Å². The van der Waals surface area contributed by atoms with Crippen molar-refractivity contribution in [3.63, 3.8) is 0 Å². The van der Waals surface area contributed by atoms with Crippen LogP contribution in [0.1, 0.15) is 22.8 Å². The van der Waals surface area contributed by atoms with Crippen molar-refractivity contribution in [2.75, 3.05) is 0 Å². The Labute approximate surface area is 147 Å². The van der Waals surface area contributed by atoms with Gasteiger partial charge < -0.3 is 9.15 Å². The zero-order valence-corrected chi connectivity index (χ0v) is 14.8. The molecule has 0 bridgehead atoms. The summed E-state index contributed by atoms with van der Waals surface area (Å²) in [6, 6.07) is 13.8. The number of aryl methyl sites for hydroxylation is 1. The molecule has 0 aliphatic carbocycles. The number of carbonyl (C=O) groups excluding carboxylic acids is 1. The third kappa shape index (κ3) is 3.41. The standard InChI is InChI=1S/C19H15BrO4/c1-11-9-18(21)24-17-10-15(7-8-16(11)17)23-12(2)19(22)13-3-5-14(20)6-4-13/h3-10,12H,1-2H3/t12-/m0/s1. The Kier molecular flexibility index (Phi) is 4.53. The Morgan fingerprint density at radius 2 is 1.83 bits per heavy atom. The van der Waals surface area contributed by atoms with Crippen molar-refractivity contribution in [2.24, 2.45) is 0 Å². The Morgan fingerprint density at radius 1 is 1.12 bits per heavy atom. The normalized spacial score (nSPS) is 12.1. The maximum Gasteiger partial charge on any atom is 0.336 e. The lowest BCUT2D eigenvalue weighted by Gasteiger charge is -2.14. The predicted octanol–water partition coefficient (Wildman–Crippen LogP) is 4.51. The second kappa shape index (κ2) is 6.61. The molecule has 0 saturated carbocycles. The van der Waals surface area contributed by atoms with Crippen molar-refractivity contribution in [3.8, 4) is 5.75 Å². The van der Waals surface area contributed by atoms with E-state index in [1.807, 2.05) is 25.1 Å². The molecular formula is C19H15BrO4. The molecule has 0 N–H and O–H groups in total. The summed E-state index contributed by atoms with van der Waals surface area (Å²) in [4.78, 5) is 23.9. The number of fused-ring (bicyclic) bond motifs is 1. The summed E-state index contributed by atoms with van der Waals surface area (Å²) in [5, 5.41) is 0.842. The average Bonchev–Trinajstić information content (AvgIpc) is 2.54. The van der Waals surface area contributed by atoms with Gasteiger partial charge in [0.2, 0.25) is 5.78 Å². The number of hydrogen-bond donors (Lipinski definition) is 0. The van der Waals surface area contributed by atoms with Crippen LogP contribution in [-0.2, 0) is 0 Å². The van der Waals surface area contributed by atoms with Gasteiger partial charge in [0.15, 0.2) is 6.10 Å². The Hall–Kier alpha value is -2.40. The lowest BCUT2D eigenvalue weighted by atomic mass is 10.1. The largest absolute Gasteiger partial charge is 0.482 e. The molecule has 0 aliphatic rings. The Balaban J connectivity index is 1.84. The molecule has 3 rings (SSSR count). The van der Waals surface area contributed by atoms with Crippen LogP contribution in [0.4, 0.5) is 0 Å². The first-order valence-corrected chi connectivity index (χ1v) is 8.24. The van der Waals surface area contributed by atoms with E-state index < -0.39 is 11.7 Å². The molecule has 2 aromatic carbocycles. The van der Waals surface area contributed by atoms with E-state index in [0.29, 0.717) is 16.9 Å². The maximum absolute atomic E-state index is 12.4. The van der Waals surface area contributed by atoms with Crippen molar-refractivity contribution in [1.82, 2.24) is 0 Å². The number of ether oxygens (including phenoxy) is 1. The van der Waals surface area contributed by atoms with Crippen LogP contribution in [-0.4, -0.2) is 11.9 Å². The molecule has 1 atom stereocenters. The van der Waals surface area contributed by atoms with Gasteiger partial charge in [-0.3, -0.25) is 4.79 Å². The smallest absolute Gasteiger partial charge is 0.336 e. The highest BCUT2D eigenvalue weighted by Crippen LogP contribution is 2.23. The van der Waals surface area contributed by atoms with Gasteiger partial charge in [-0.05, 0) is 43.7 Å². The fourth-order valence-corrected chi connectivity index (χ4v) is 2.75. The van der Waals surface area contributed by atoms with E-state index in [4.69, 9.17) is 9.15 Å². The summed E-state index contributed by atoms with van der Waals surface area (Å²) >= 11 is 3.34. The number of hydrogen-bond acceptors (Lipinski definition) is 4. The molecular weight excluding hydrogens is 372 g/mol. The molecule has 0 saturated heterocycles. The summed E-state index contributed by atoms with van der Waals surface area (Å²) in [7, 11) is 0. The number of rotatable bonds is 4. The van der Waals surface area contributed by atoms with Gasteiger partial charge in [-0.25, -0.2) is 4.79 Å². The first-order chi connectivity index (χ1) is 11.4. The van der Waals surface area contributed by atoms with Gasteiger partial charge in [0.05, 0.1) is 0 Å². The highest BCUT2D eigenvalue weighted by molar-refractivity contribution is 9.10. The van der Waals surface area contributed by atoms with Crippen molar-refractivity contribution >= 4 is 32.7 Å². The molecule has 4 nitrogen and oxygen atoms in total. The monoisotopic (exact) mass is 386 g/mol. The quantitative estimate of drug-likeness (QED) is 0.488. The van der Waals surface area contributed by atoms with Crippen LogP contribution in [0.25, 0.3) is 11.0 Å². The molecule has 0 radical (unpaired) electrons. The average molecular weight is 387 g/mol. The Bertz CT molecular complexity index is 957. The van der Waals surface area contributed by atoms with Gasteiger partial charge >= 0.3 is 5.63 Å². The summed E-state index contributed by atoms with van der Waals surface area (Å²) in [5.74, 6) is 0.363. The van der Waals surface area contributed by atoms with E-state index in [2.05, 4.69) is 15.9 Å². The van der Waals surface area contributed by atoms with Crippen LogP contribution < -0.4 is 10.4 Å². The highest BCUT2D eigenvalue weighted by Gasteiger charge is 2.17. The van der Waals surface area contributed by atoms with Crippen molar-refractivity contribution in [1.29, 1.82) is 0 Å². The molecule has 122 valence electrons. The number of ketones is 1. The molecule has 24 heavy (non-hydrogen) atoms.